The predicted octanol–water partition coefficient (Wildman–Crippen LogP) is 2.33. The van der Waals surface area contributed by atoms with Gasteiger partial charge in [0.1, 0.15) is 0 Å². The van der Waals surface area contributed by atoms with E-state index in [4.69, 9.17) is 5.73 Å². The molecule has 0 heterocycles. The molecule has 1 rings (SSSR count). The topological polar surface area (TPSA) is 55.1 Å². The van der Waals surface area contributed by atoms with Gasteiger partial charge in [-0.3, -0.25) is 4.79 Å². The third kappa shape index (κ3) is 4.55. The number of anilines is 1. The molecule has 0 fully saturated rings. The van der Waals surface area contributed by atoms with Crippen LogP contribution in [0.4, 0.5) is 14.5 Å². The molecule has 3 N–H and O–H groups in total. The van der Waals surface area contributed by atoms with Crippen molar-refractivity contribution in [2.24, 2.45) is 5.73 Å². The van der Waals surface area contributed by atoms with E-state index in [2.05, 4.69) is 5.32 Å². The van der Waals surface area contributed by atoms with Gasteiger partial charge in [0.05, 0.1) is 0 Å². The van der Waals surface area contributed by atoms with Gasteiger partial charge in [0.25, 0.3) is 6.43 Å². The minimum absolute atomic E-state index is 0. The van der Waals surface area contributed by atoms with E-state index in [9.17, 15) is 13.6 Å². The largest absolute Gasteiger partial charge is 0.330 e. The van der Waals surface area contributed by atoms with Crippen molar-refractivity contribution in [2.45, 2.75) is 12.8 Å². The molecule has 16 heavy (non-hydrogen) atoms. The summed E-state index contributed by atoms with van der Waals surface area (Å²) in [6.45, 7) is 0.236. The summed E-state index contributed by atoms with van der Waals surface area (Å²) >= 11 is 0. The lowest BCUT2D eigenvalue weighted by atomic mass is 10.2. The van der Waals surface area contributed by atoms with Crippen LogP contribution in [0.2, 0.25) is 0 Å². The van der Waals surface area contributed by atoms with Gasteiger partial charge in [-0.1, -0.05) is 12.1 Å². The Hall–Kier alpha value is -1.20. The molecule has 0 unspecified atom stereocenters. The van der Waals surface area contributed by atoms with Crippen LogP contribution in [0.1, 0.15) is 18.4 Å². The van der Waals surface area contributed by atoms with Crippen LogP contribution < -0.4 is 11.1 Å². The molecule has 0 spiro atoms. The van der Waals surface area contributed by atoms with Gasteiger partial charge < -0.3 is 11.1 Å². The van der Waals surface area contributed by atoms with Crippen LogP contribution in [0.3, 0.4) is 0 Å². The van der Waals surface area contributed by atoms with E-state index in [1.54, 1.807) is 6.07 Å². The zero-order valence-corrected chi connectivity index (χ0v) is 9.27. The molecule has 0 bridgehead atoms. The highest BCUT2D eigenvalue weighted by molar-refractivity contribution is 5.90. The van der Waals surface area contributed by atoms with E-state index < -0.39 is 6.43 Å². The predicted molar refractivity (Wildman–Crippen MR) is 60.9 cm³/mol. The third-order valence-corrected chi connectivity index (χ3v) is 1.79. The van der Waals surface area contributed by atoms with Crippen molar-refractivity contribution >= 4 is 24.0 Å². The van der Waals surface area contributed by atoms with E-state index in [1.807, 2.05) is 0 Å². The number of hydrogen-bond acceptors (Lipinski definition) is 2. The second-order valence-electron chi connectivity index (χ2n) is 3.01. The summed E-state index contributed by atoms with van der Waals surface area (Å²) in [5, 5.41) is 2.49. The van der Waals surface area contributed by atoms with Crippen LogP contribution in [-0.4, -0.2) is 12.5 Å². The Balaban J connectivity index is 0.00000225. The number of amides is 1. The Bertz CT molecular complexity index is 347. The second kappa shape index (κ2) is 7.14. The van der Waals surface area contributed by atoms with Crippen molar-refractivity contribution < 1.29 is 13.6 Å². The van der Waals surface area contributed by atoms with Crippen molar-refractivity contribution in [1.82, 2.24) is 0 Å². The normalized spacial score (nSPS) is 9.75. The van der Waals surface area contributed by atoms with Crippen molar-refractivity contribution in [3.05, 3.63) is 29.8 Å². The molecule has 0 saturated heterocycles. The summed E-state index contributed by atoms with van der Waals surface area (Å²) in [5.74, 6) is -0.274. The second-order valence-corrected chi connectivity index (χ2v) is 3.01. The number of alkyl halides is 2. The minimum Gasteiger partial charge on any atom is -0.330 e. The van der Waals surface area contributed by atoms with Gasteiger partial charge in [-0.2, -0.15) is 0 Å². The molecular formula is C10H13ClF2N2O. The van der Waals surface area contributed by atoms with Crippen molar-refractivity contribution in [3.63, 3.8) is 0 Å². The fraction of sp³-hybridized carbons (Fsp3) is 0.300. The van der Waals surface area contributed by atoms with Crippen LogP contribution in [-0.2, 0) is 4.79 Å². The monoisotopic (exact) mass is 250 g/mol. The van der Waals surface area contributed by atoms with Gasteiger partial charge in [-0.05, 0) is 12.1 Å². The molecule has 0 aliphatic carbocycles. The van der Waals surface area contributed by atoms with Gasteiger partial charge in [0.2, 0.25) is 5.91 Å². The Morgan fingerprint density at radius 1 is 1.44 bits per heavy atom. The number of hydrogen-bond donors (Lipinski definition) is 2. The van der Waals surface area contributed by atoms with Crippen molar-refractivity contribution in [1.29, 1.82) is 0 Å². The van der Waals surface area contributed by atoms with Gasteiger partial charge in [0, 0.05) is 24.2 Å². The molecule has 3 nitrogen and oxygen atoms in total. The number of carbonyl (C=O) groups excluding carboxylic acids is 1. The summed E-state index contributed by atoms with van der Waals surface area (Å²) in [5.41, 5.74) is 5.44. The highest BCUT2D eigenvalue weighted by Crippen LogP contribution is 2.21. The van der Waals surface area contributed by atoms with E-state index in [-0.39, 0.29) is 36.8 Å². The molecule has 1 aromatic carbocycles. The quantitative estimate of drug-likeness (QED) is 0.862. The molecule has 0 atom stereocenters. The van der Waals surface area contributed by atoms with E-state index in [1.165, 1.54) is 18.2 Å². The molecule has 0 aliphatic heterocycles. The van der Waals surface area contributed by atoms with Gasteiger partial charge >= 0.3 is 0 Å². The number of rotatable bonds is 4. The first-order chi connectivity index (χ1) is 7.13. The summed E-state index contributed by atoms with van der Waals surface area (Å²) in [4.78, 5) is 11.1. The molecule has 6 heteroatoms. The zero-order chi connectivity index (χ0) is 11.3. The number of benzene rings is 1. The average molecular weight is 251 g/mol. The minimum atomic E-state index is -2.53. The van der Waals surface area contributed by atoms with Crippen LogP contribution in [0.15, 0.2) is 24.3 Å². The first-order valence-corrected chi connectivity index (χ1v) is 4.51. The summed E-state index contributed by atoms with van der Waals surface area (Å²) in [7, 11) is 0. The lowest BCUT2D eigenvalue weighted by Crippen LogP contribution is -2.16. The van der Waals surface area contributed by atoms with Gasteiger partial charge in [-0.25, -0.2) is 8.78 Å². The van der Waals surface area contributed by atoms with Crippen LogP contribution >= 0.6 is 12.4 Å². The summed E-state index contributed by atoms with van der Waals surface area (Å²) in [6.07, 6.45) is -2.35. The molecular weight excluding hydrogens is 238 g/mol. The molecule has 0 aromatic heterocycles. The van der Waals surface area contributed by atoms with Crippen LogP contribution in [0.25, 0.3) is 0 Å². The molecule has 90 valence electrons. The smallest absolute Gasteiger partial charge is 0.263 e. The lowest BCUT2D eigenvalue weighted by Gasteiger charge is -2.06. The molecule has 1 amide bonds. The Kier molecular flexibility index (Phi) is 6.60. The first kappa shape index (κ1) is 14.8. The Morgan fingerprint density at radius 3 is 2.69 bits per heavy atom. The molecule has 0 radical (unpaired) electrons. The average Bonchev–Trinajstić information content (AvgIpc) is 2.18. The maximum atomic E-state index is 12.3. The van der Waals surface area contributed by atoms with E-state index in [0.29, 0.717) is 5.69 Å². The fourth-order valence-electron chi connectivity index (χ4n) is 1.11. The van der Waals surface area contributed by atoms with Crippen LogP contribution in [0.5, 0.6) is 0 Å². The highest BCUT2D eigenvalue weighted by Gasteiger charge is 2.08. The molecule has 0 aliphatic rings. The van der Waals surface area contributed by atoms with Gasteiger partial charge in [0.15, 0.2) is 0 Å². The molecule has 0 saturated carbocycles. The first-order valence-electron chi connectivity index (χ1n) is 4.51. The maximum absolute atomic E-state index is 12.3. The van der Waals surface area contributed by atoms with Crippen LogP contribution in [0, 0.1) is 0 Å². The number of carbonyl (C=O) groups is 1. The lowest BCUT2D eigenvalue weighted by molar-refractivity contribution is -0.116. The van der Waals surface area contributed by atoms with Crippen molar-refractivity contribution in [3.8, 4) is 0 Å². The number of nitrogens with two attached hydrogens (primary N) is 1. The Morgan fingerprint density at radius 2 is 2.12 bits per heavy atom. The highest BCUT2D eigenvalue weighted by atomic mass is 35.5. The van der Waals surface area contributed by atoms with E-state index >= 15 is 0 Å². The maximum Gasteiger partial charge on any atom is 0.263 e. The zero-order valence-electron chi connectivity index (χ0n) is 8.45. The molecule has 1 aromatic rings. The number of halogens is 3. The van der Waals surface area contributed by atoms with Crippen molar-refractivity contribution in [2.75, 3.05) is 11.9 Å². The Labute approximate surface area is 98.4 Å². The van der Waals surface area contributed by atoms with Gasteiger partial charge in [-0.15, -0.1) is 12.4 Å². The number of nitrogens with one attached hydrogen (secondary N) is 1. The standard InChI is InChI=1S/C10H12F2N2O.ClH/c11-10(12)7-2-1-3-8(6-7)14-9(15)4-5-13;/h1-3,6,10H,4-5,13H2,(H,14,15);1H. The summed E-state index contributed by atoms with van der Waals surface area (Å²) in [6, 6.07) is 5.59. The SMILES string of the molecule is Cl.NCCC(=O)Nc1cccc(C(F)F)c1. The fourth-order valence-corrected chi connectivity index (χ4v) is 1.11. The summed E-state index contributed by atoms with van der Waals surface area (Å²) < 4.78 is 24.6. The third-order valence-electron chi connectivity index (χ3n) is 1.79. The van der Waals surface area contributed by atoms with E-state index in [0.717, 1.165) is 0 Å².